The van der Waals surface area contributed by atoms with Crippen molar-refractivity contribution in [1.82, 2.24) is 9.80 Å². The number of likely N-dealkylation sites (tertiary alicyclic amines) is 1. The van der Waals surface area contributed by atoms with Crippen LogP contribution in [0.1, 0.15) is 44.7 Å². The van der Waals surface area contributed by atoms with Gasteiger partial charge < -0.3 is 19.1 Å². The van der Waals surface area contributed by atoms with Crippen LogP contribution < -0.4 is 9.47 Å². The molecule has 7 nitrogen and oxygen atoms in total. The summed E-state index contributed by atoms with van der Waals surface area (Å²) >= 11 is 0. The molecule has 0 unspecified atom stereocenters. The number of amides is 2. The summed E-state index contributed by atoms with van der Waals surface area (Å²) in [5.41, 5.74) is 1.64. The third-order valence-electron chi connectivity index (χ3n) is 5.20. The molecular formula is C21H30N2O5. The van der Waals surface area contributed by atoms with Crippen LogP contribution in [-0.4, -0.2) is 60.8 Å². The van der Waals surface area contributed by atoms with E-state index in [2.05, 4.69) is 0 Å². The Bertz CT molecular complexity index is 756. The van der Waals surface area contributed by atoms with Crippen LogP contribution >= 0.6 is 0 Å². The number of benzene rings is 1. The van der Waals surface area contributed by atoms with Gasteiger partial charge in [-0.25, -0.2) is 4.79 Å². The molecule has 1 fully saturated rings. The van der Waals surface area contributed by atoms with Gasteiger partial charge in [-0.05, 0) is 63.3 Å². The van der Waals surface area contributed by atoms with Crippen LogP contribution in [-0.2, 0) is 22.5 Å². The molecule has 7 heteroatoms. The monoisotopic (exact) mass is 390 g/mol. The van der Waals surface area contributed by atoms with Crippen LogP contribution in [0.5, 0.6) is 11.5 Å². The molecule has 0 aromatic heterocycles. The largest absolute Gasteiger partial charge is 0.493 e. The van der Waals surface area contributed by atoms with E-state index < -0.39 is 17.7 Å². The van der Waals surface area contributed by atoms with E-state index in [0.29, 0.717) is 37.6 Å². The van der Waals surface area contributed by atoms with Crippen molar-refractivity contribution >= 4 is 12.0 Å². The van der Waals surface area contributed by atoms with Crippen molar-refractivity contribution in [3.05, 3.63) is 23.3 Å². The average Bonchev–Trinajstić information content (AvgIpc) is 3.14. The first-order valence-electron chi connectivity index (χ1n) is 9.75. The predicted molar refractivity (Wildman–Crippen MR) is 105 cm³/mol. The second kappa shape index (κ2) is 7.89. The Morgan fingerprint density at radius 2 is 1.68 bits per heavy atom. The van der Waals surface area contributed by atoms with Gasteiger partial charge in [-0.2, -0.15) is 0 Å². The van der Waals surface area contributed by atoms with Gasteiger partial charge in [-0.1, -0.05) is 0 Å². The first-order valence-corrected chi connectivity index (χ1v) is 9.75. The number of fused-ring (bicyclic) bond motifs is 1. The molecule has 0 N–H and O–H groups in total. The Morgan fingerprint density at radius 3 is 2.29 bits per heavy atom. The molecule has 154 valence electrons. The number of nitrogens with zero attached hydrogens (tertiary/aromatic N) is 2. The summed E-state index contributed by atoms with van der Waals surface area (Å²) < 4.78 is 16.3. The molecule has 0 aliphatic carbocycles. The van der Waals surface area contributed by atoms with Crippen molar-refractivity contribution in [2.75, 3.05) is 27.3 Å². The van der Waals surface area contributed by atoms with Gasteiger partial charge in [0.1, 0.15) is 11.6 Å². The fourth-order valence-corrected chi connectivity index (χ4v) is 3.84. The maximum absolute atomic E-state index is 13.2. The van der Waals surface area contributed by atoms with Crippen molar-refractivity contribution < 1.29 is 23.8 Å². The van der Waals surface area contributed by atoms with Crippen LogP contribution in [0.4, 0.5) is 4.79 Å². The highest BCUT2D eigenvalue weighted by Crippen LogP contribution is 2.34. The second-order valence-electron chi connectivity index (χ2n) is 8.32. The fourth-order valence-electron chi connectivity index (χ4n) is 3.84. The maximum atomic E-state index is 13.2. The minimum absolute atomic E-state index is 0.0104. The van der Waals surface area contributed by atoms with E-state index in [9.17, 15) is 9.59 Å². The van der Waals surface area contributed by atoms with Crippen LogP contribution in [0.15, 0.2) is 12.1 Å². The average molecular weight is 390 g/mol. The number of hydrogen-bond donors (Lipinski definition) is 0. The molecule has 28 heavy (non-hydrogen) atoms. The number of hydrogen-bond acceptors (Lipinski definition) is 5. The molecular weight excluding hydrogens is 360 g/mol. The molecule has 2 heterocycles. The highest BCUT2D eigenvalue weighted by Gasteiger charge is 2.39. The van der Waals surface area contributed by atoms with E-state index >= 15 is 0 Å². The van der Waals surface area contributed by atoms with Crippen molar-refractivity contribution in [2.24, 2.45) is 0 Å². The number of methoxy groups -OCH3 is 2. The zero-order valence-electron chi connectivity index (χ0n) is 17.4. The molecule has 0 radical (unpaired) electrons. The number of rotatable bonds is 3. The molecule has 2 amide bonds. The summed E-state index contributed by atoms with van der Waals surface area (Å²) in [5.74, 6) is 1.35. The lowest BCUT2D eigenvalue weighted by molar-refractivity contribution is -0.136. The smallest absolute Gasteiger partial charge is 0.410 e. The van der Waals surface area contributed by atoms with Crippen molar-refractivity contribution in [3.63, 3.8) is 0 Å². The predicted octanol–water partition coefficient (Wildman–Crippen LogP) is 2.99. The number of carbonyl (C=O) groups is 2. The molecule has 2 aliphatic heterocycles. The first kappa shape index (κ1) is 20.3. The molecule has 0 saturated carbocycles. The van der Waals surface area contributed by atoms with E-state index in [1.54, 1.807) is 19.1 Å². The second-order valence-corrected chi connectivity index (χ2v) is 8.32. The van der Waals surface area contributed by atoms with Crippen LogP contribution in [0.2, 0.25) is 0 Å². The fraction of sp³-hybridized carbons (Fsp3) is 0.619. The Balaban J connectivity index is 1.74. The van der Waals surface area contributed by atoms with E-state index in [1.807, 2.05) is 37.8 Å². The molecule has 1 atom stereocenters. The van der Waals surface area contributed by atoms with Crippen LogP contribution in [0.25, 0.3) is 0 Å². The Morgan fingerprint density at radius 1 is 1.04 bits per heavy atom. The van der Waals surface area contributed by atoms with E-state index in [0.717, 1.165) is 24.0 Å². The quantitative estimate of drug-likeness (QED) is 0.794. The van der Waals surface area contributed by atoms with Crippen LogP contribution in [0, 0.1) is 0 Å². The SMILES string of the molecule is COc1cc2c(cc1OC)CN(C(=O)[C@@H]1CCCN1C(=O)OC(C)(C)C)CC2. The highest BCUT2D eigenvalue weighted by atomic mass is 16.6. The molecule has 1 aromatic carbocycles. The minimum atomic E-state index is -0.576. The van der Waals surface area contributed by atoms with E-state index in [-0.39, 0.29) is 5.91 Å². The van der Waals surface area contributed by atoms with Gasteiger partial charge in [0.25, 0.3) is 0 Å². The lowest BCUT2D eigenvalue weighted by atomic mass is 9.98. The zero-order chi connectivity index (χ0) is 20.5. The Labute approximate surface area is 166 Å². The summed E-state index contributed by atoms with van der Waals surface area (Å²) in [4.78, 5) is 29.1. The van der Waals surface area contributed by atoms with E-state index in [1.165, 1.54) is 0 Å². The van der Waals surface area contributed by atoms with Gasteiger partial charge in [0.05, 0.1) is 14.2 Å². The molecule has 0 bridgehead atoms. The Kier molecular flexibility index (Phi) is 5.72. The maximum Gasteiger partial charge on any atom is 0.410 e. The molecule has 2 aliphatic rings. The van der Waals surface area contributed by atoms with Gasteiger partial charge in [0.15, 0.2) is 11.5 Å². The summed E-state index contributed by atoms with van der Waals surface area (Å²) in [5, 5.41) is 0. The van der Waals surface area contributed by atoms with Gasteiger partial charge in [-0.3, -0.25) is 9.69 Å². The van der Waals surface area contributed by atoms with Crippen molar-refractivity contribution in [1.29, 1.82) is 0 Å². The molecule has 0 spiro atoms. The summed E-state index contributed by atoms with van der Waals surface area (Å²) in [6.07, 6.45) is 1.83. The third-order valence-corrected chi connectivity index (χ3v) is 5.20. The van der Waals surface area contributed by atoms with E-state index in [4.69, 9.17) is 14.2 Å². The van der Waals surface area contributed by atoms with Gasteiger partial charge in [-0.15, -0.1) is 0 Å². The standard InChI is InChI=1S/C21H30N2O5/c1-21(2,3)28-20(25)23-9-6-7-16(23)19(24)22-10-8-14-11-17(26-4)18(27-5)12-15(14)13-22/h11-12,16H,6-10,13H2,1-5H3/t16-/m0/s1. The molecule has 1 aromatic rings. The lowest BCUT2D eigenvalue weighted by Gasteiger charge is -2.34. The van der Waals surface area contributed by atoms with Crippen molar-refractivity contribution in [2.45, 2.75) is 58.2 Å². The summed E-state index contributed by atoms with van der Waals surface area (Å²) in [7, 11) is 3.22. The molecule has 1 saturated heterocycles. The first-order chi connectivity index (χ1) is 13.2. The van der Waals surface area contributed by atoms with Gasteiger partial charge in [0.2, 0.25) is 5.91 Å². The zero-order valence-corrected chi connectivity index (χ0v) is 17.4. The number of ether oxygens (including phenoxy) is 3. The van der Waals surface area contributed by atoms with Gasteiger partial charge >= 0.3 is 6.09 Å². The topological polar surface area (TPSA) is 68.3 Å². The normalized spacial score (nSPS) is 19.2. The van der Waals surface area contributed by atoms with Crippen LogP contribution in [0.3, 0.4) is 0 Å². The minimum Gasteiger partial charge on any atom is -0.493 e. The van der Waals surface area contributed by atoms with Crippen molar-refractivity contribution in [3.8, 4) is 11.5 Å². The third kappa shape index (κ3) is 4.18. The molecule has 3 rings (SSSR count). The van der Waals surface area contributed by atoms with Gasteiger partial charge in [0, 0.05) is 19.6 Å². The summed E-state index contributed by atoms with van der Waals surface area (Å²) in [6, 6.07) is 3.48. The lowest BCUT2D eigenvalue weighted by Crippen LogP contribution is -2.50. The highest BCUT2D eigenvalue weighted by molar-refractivity contribution is 5.86. The Hall–Kier alpha value is -2.44. The number of carbonyl (C=O) groups excluding carboxylic acids is 2. The summed E-state index contributed by atoms with van der Waals surface area (Å²) in [6.45, 7) is 7.19.